The zero-order chi connectivity index (χ0) is 13.7. The SMILES string of the molecule is CCN(CCC(N)=S)C(=O)c1ccc(Br)cc1O. The second-order valence-electron chi connectivity index (χ2n) is 3.76. The first kappa shape index (κ1) is 14.9. The Morgan fingerprint density at radius 3 is 2.72 bits per heavy atom. The molecule has 0 heterocycles. The molecule has 6 heteroatoms. The highest BCUT2D eigenvalue weighted by Gasteiger charge is 2.17. The first-order chi connectivity index (χ1) is 8.45. The highest BCUT2D eigenvalue weighted by molar-refractivity contribution is 9.10. The summed E-state index contributed by atoms with van der Waals surface area (Å²) in [7, 11) is 0. The van der Waals surface area contributed by atoms with Crippen molar-refractivity contribution in [2.45, 2.75) is 13.3 Å². The number of phenolic OH excluding ortho intramolecular Hbond substituents is 1. The molecule has 1 amide bonds. The van der Waals surface area contributed by atoms with E-state index in [9.17, 15) is 9.90 Å². The normalized spacial score (nSPS) is 10.1. The van der Waals surface area contributed by atoms with E-state index in [2.05, 4.69) is 15.9 Å². The van der Waals surface area contributed by atoms with Crippen LogP contribution in [0.1, 0.15) is 23.7 Å². The molecule has 0 fully saturated rings. The van der Waals surface area contributed by atoms with Crippen LogP contribution in [0, 0.1) is 0 Å². The molecule has 0 aliphatic heterocycles. The summed E-state index contributed by atoms with van der Waals surface area (Å²) in [6.07, 6.45) is 0.478. The summed E-state index contributed by atoms with van der Waals surface area (Å²) in [5.41, 5.74) is 5.70. The zero-order valence-electron chi connectivity index (χ0n) is 10.0. The van der Waals surface area contributed by atoms with Gasteiger partial charge in [0.05, 0.1) is 10.6 Å². The minimum Gasteiger partial charge on any atom is -0.507 e. The van der Waals surface area contributed by atoms with Gasteiger partial charge in [0.1, 0.15) is 5.75 Å². The number of aromatic hydroxyl groups is 1. The van der Waals surface area contributed by atoms with E-state index in [1.807, 2.05) is 6.92 Å². The van der Waals surface area contributed by atoms with E-state index in [1.165, 1.54) is 6.07 Å². The summed E-state index contributed by atoms with van der Waals surface area (Å²) in [6, 6.07) is 4.80. The molecule has 4 nitrogen and oxygen atoms in total. The molecule has 1 aromatic carbocycles. The first-order valence-electron chi connectivity index (χ1n) is 5.51. The summed E-state index contributed by atoms with van der Waals surface area (Å²) in [5.74, 6) is -0.262. The standard InChI is InChI=1S/C12H15BrN2O2S/c1-2-15(6-5-11(14)18)12(17)9-4-3-8(13)7-10(9)16/h3-4,7,16H,2,5-6H2,1H3,(H2,14,18). The average Bonchev–Trinajstić information content (AvgIpc) is 2.29. The van der Waals surface area contributed by atoms with Gasteiger partial charge in [-0.3, -0.25) is 4.79 Å². The molecule has 0 unspecified atom stereocenters. The fourth-order valence-corrected chi connectivity index (χ4v) is 1.94. The summed E-state index contributed by atoms with van der Waals surface area (Å²) in [4.78, 5) is 14.2. The average molecular weight is 331 g/mol. The lowest BCUT2D eigenvalue weighted by Crippen LogP contribution is -2.33. The smallest absolute Gasteiger partial charge is 0.257 e. The van der Waals surface area contributed by atoms with E-state index in [0.717, 1.165) is 4.47 Å². The van der Waals surface area contributed by atoms with E-state index in [0.29, 0.717) is 24.5 Å². The molecule has 0 aliphatic rings. The van der Waals surface area contributed by atoms with Crippen molar-refractivity contribution < 1.29 is 9.90 Å². The van der Waals surface area contributed by atoms with Crippen LogP contribution < -0.4 is 5.73 Å². The molecule has 0 bridgehead atoms. The van der Waals surface area contributed by atoms with Gasteiger partial charge in [-0.1, -0.05) is 28.1 Å². The second kappa shape index (κ2) is 6.70. The van der Waals surface area contributed by atoms with Gasteiger partial charge in [-0.2, -0.15) is 0 Å². The van der Waals surface area contributed by atoms with Crippen molar-refractivity contribution in [3.05, 3.63) is 28.2 Å². The molecule has 0 atom stereocenters. The number of hydrogen-bond donors (Lipinski definition) is 2. The third-order valence-corrected chi connectivity index (χ3v) is 3.18. The van der Waals surface area contributed by atoms with Crippen LogP contribution >= 0.6 is 28.1 Å². The van der Waals surface area contributed by atoms with Gasteiger partial charge in [0.25, 0.3) is 5.91 Å². The van der Waals surface area contributed by atoms with Crippen molar-refractivity contribution in [3.8, 4) is 5.75 Å². The maximum Gasteiger partial charge on any atom is 0.257 e. The van der Waals surface area contributed by atoms with E-state index in [-0.39, 0.29) is 17.2 Å². The summed E-state index contributed by atoms with van der Waals surface area (Å²) in [5, 5.41) is 9.76. The molecular formula is C12H15BrN2O2S. The maximum atomic E-state index is 12.2. The van der Waals surface area contributed by atoms with Gasteiger partial charge in [-0.05, 0) is 25.1 Å². The van der Waals surface area contributed by atoms with Crippen molar-refractivity contribution in [2.75, 3.05) is 13.1 Å². The first-order valence-corrected chi connectivity index (χ1v) is 6.72. The molecule has 3 N–H and O–H groups in total. The lowest BCUT2D eigenvalue weighted by atomic mass is 10.1. The number of benzene rings is 1. The lowest BCUT2D eigenvalue weighted by molar-refractivity contribution is 0.0766. The fourth-order valence-electron chi connectivity index (χ4n) is 1.50. The Bertz CT molecular complexity index is 465. The number of rotatable bonds is 5. The number of nitrogens with two attached hydrogens (primary N) is 1. The van der Waals surface area contributed by atoms with Crippen LogP contribution in [0.4, 0.5) is 0 Å². The third-order valence-electron chi connectivity index (χ3n) is 2.49. The fraction of sp³-hybridized carbons (Fsp3) is 0.333. The van der Waals surface area contributed by atoms with Gasteiger partial charge < -0.3 is 15.7 Å². The van der Waals surface area contributed by atoms with Crippen LogP contribution in [0.3, 0.4) is 0 Å². The maximum absolute atomic E-state index is 12.2. The highest BCUT2D eigenvalue weighted by atomic mass is 79.9. The number of hydrogen-bond acceptors (Lipinski definition) is 3. The minimum absolute atomic E-state index is 0.0387. The largest absolute Gasteiger partial charge is 0.507 e. The van der Waals surface area contributed by atoms with Crippen molar-refractivity contribution in [1.29, 1.82) is 0 Å². The number of carbonyl (C=O) groups excluding carboxylic acids is 1. The monoisotopic (exact) mass is 330 g/mol. The van der Waals surface area contributed by atoms with Crippen LogP contribution in [-0.4, -0.2) is 34.0 Å². The molecule has 98 valence electrons. The predicted octanol–water partition coefficient (Wildman–Crippen LogP) is 2.29. The van der Waals surface area contributed by atoms with Crippen molar-refractivity contribution in [2.24, 2.45) is 5.73 Å². The molecule has 1 aromatic rings. The Balaban J connectivity index is 2.86. The lowest BCUT2D eigenvalue weighted by Gasteiger charge is -2.21. The van der Waals surface area contributed by atoms with Gasteiger partial charge in [-0.15, -0.1) is 0 Å². The Morgan fingerprint density at radius 2 is 2.22 bits per heavy atom. The topological polar surface area (TPSA) is 66.6 Å². The van der Waals surface area contributed by atoms with Gasteiger partial charge in [0.2, 0.25) is 0 Å². The van der Waals surface area contributed by atoms with Crippen LogP contribution in [0.25, 0.3) is 0 Å². The summed E-state index contributed by atoms with van der Waals surface area (Å²) >= 11 is 8.02. The number of halogens is 1. The molecule has 0 saturated carbocycles. The summed E-state index contributed by atoms with van der Waals surface area (Å²) < 4.78 is 0.725. The van der Waals surface area contributed by atoms with E-state index in [1.54, 1.807) is 17.0 Å². The molecular weight excluding hydrogens is 316 g/mol. The van der Waals surface area contributed by atoms with Crippen LogP contribution in [-0.2, 0) is 0 Å². The second-order valence-corrected chi connectivity index (χ2v) is 5.20. The predicted molar refractivity (Wildman–Crippen MR) is 78.8 cm³/mol. The zero-order valence-corrected chi connectivity index (χ0v) is 12.4. The Morgan fingerprint density at radius 1 is 1.56 bits per heavy atom. The number of amides is 1. The van der Waals surface area contributed by atoms with Crippen LogP contribution in [0.5, 0.6) is 5.75 Å². The number of phenols is 1. The third kappa shape index (κ3) is 3.96. The Labute approximate surface area is 120 Å². The van der Waals surface area contributed by atoms with E-state index in [4.69, 9.17) is 18.0 Å². The van der Waals surface area contributed by atoms with Crippen LogP contribution in [0.2, 0.25) is 0 Å². The van der Waals surface area contributed by atoms with E-state index < -0.39 is 0 Å². The van der Waals surface area contributed by atoms with E-state index >= 15 is 0 Å². The van der Waals surface area contributed by atoms with Crippen molar-refractivity contribution in [3.63, 3.8) is 0 Å². The molecule has 0 radical (unpaired) electrons. The van der Waals surface area contributed by atoms with Crippen molar-refractivity contribution >= 4 is 39.0 Å². The highest BCUT2D eigenvalue weighted by Crippen LogP contribution is 2.23. The molecule has 1 rings (SSSR count). The Hall–Kier alpha value is -1.14. The van der Waals surface area contributed by atoms with Gasteiger partial charge in [-0.25, -0.2) is 0 Å². The quantitative estimate of drug-likeness (QED) is 0.813. The molecule has 0 saturated heterocycles. The molecule has 0 aliphatic carbocycles. The number of nitrogens with zero attached hydrogens (tertiary/aromatic N) is 1. The van der Waals surface area contributed by atoms with Crippen LogP contribution in [0.15, 0.2) is 22.7 Å². The summed E-state index contributed by atoms with van der Waals surface area (Å²) in [6.45, 7) is 2.87. The minimum atomic E-state index is -0.223. The molecule has 0 spiro atoms. The van der Waals surface area contributed by atoms with Gasteiger partial charge in [0.15, 0.2) is 0 Å². The van der Waals surface area contributed by atoms with Gasteiger partial charge >= 0.3 is 0 Å². The van der Waals surface area contributed by atoms with Gasteiger partial charge in [0, 0.05) is 24.0 Å². The van der Waals surface area contributed by atoms with Crippen molar-refractivity contribution in [1.82, 2.24) is 4.90 Å². The molecule has 18 heavy (non-hydrogen) atoms. The number of carbonyl (C=O) groups is 1. The Kier molecular flexibility index (Phi) is 5.55. The molecule has 0 aromatic heterocycles. The number of thiocarbonyl (C=S) groups is 1.